The number of ether oxygens (including phenoxy) is 3. The fourth-order valence-electron chi connectivity index (χ4n) is 3.64. The Morgan fingerprint density at radius 2 is 1.67 bits per heavy atom. The van der Waals surface area contributed by atoms with Crippen molar-refractivity contribution < 1.29 is 19.0 Å². The van der Waals surface area contributed by atoms with Crippen LogP contribution in [0.1, 0.15) is 18.4 Å². The maximum absolute atomic E-state index is 12.4. The summed E-state index contributed by atoms with van der Waals surface area (Å²) in [4.78, 5) is 12.4. The monoisotopic (exact) mass is 446 g/mol. The van der Waals surface area contributed by atoms with Gasteiger partial charge < -0.3 is 24.8 Å². The molecular weight excluding hydrogens is 416 g/mol. The molecule has 3 aromatic rings. The zero-order valence-electron chi connectivity index (χ0n) is 18.7. The van der Waals surface area contributed by atoms with Crippen LogP contribution in [-0.4, -0.2) is 38.4 Å². The maximum Gasteiger partial charge on any atom is 0.243 e. The van der Waals surface area contributed by atoms with E-state index in [1.165, 1.54) is 5.56 Å². The highest BCUT2D eigenvalue weighted by Crippen LogP contribution is 2.20. The fraction of sp³-hybridized carbons (Fsp3) is 0.296. The van der Waals surface area contributed by atoms with E-state index < -0.39 is 0 Å². The van der Waals surface area contributed by atoms with Crippen molar-refractivity contribution in [2.45, 2.75) is 25.4 Å². The standard InChI is InChI=1S/C27H30N2O4/c30-27(29-23-10-5-12-25(18-23)33-20-26-13-6-15-31-26)19-28-22-9-4-11-24(17-22)32-16-14-21-7-2-1-3-8-21/h1-5,7-12,17-18,26,28H,6,13-16,19-20H2,(H,29,30). The van der Waals surface area contributed by atoms with Crippen molar-refractivity contribution in [2.24, 2.45) is 0 Å². The van der Waals surface area contributed by atoms with E-state index in [1.54, 1.807) is 0 Å². The predicted octanol–water partition coefficient (Wildman–Crippen LogP) is 4.92. The van der Waals surface area contributed by atoms with Gasteiger partial charge in [-0.05, 0) is 42.7 Å². The summed E-state index contributed by atoms with van der Waals surface area (Å²) in [5, 5.41) is 6.05. The number of hydrogen-bond acceptors (Lipinski definition) is 5. The van der Waals surface area contributed by atoms with Crippen molar-refractivity contribution >= 4 is 17.3 Å². The van der Waals surface area contributed by atoms with E-state index in [2.05, 4.69) is 22.8 Å². The lowest BCUT2D eigenvalue weighted by molar-refractivity contribution is -0.114. The Bertz CT molecular complexity index is 1020. The minimum Gasteiger partial charge on any atom is -0.493 e. The van der Waals surface area contributed by atoms with Gasteiger partial charge >= 0.3 is 0 Å². The first-order chi connectivity index (χ1) is 16.2. The molecule has 3 aromatic carbocycles. The Hall–Kier alpha value is -3.51. The minimum absolute atomic E-state index is 0.137. The summed E-state index contributed by atoms with van der Waals surface area (Å²) in [7, 11) is 0. The second-order valence-electron chi connectivity index (χ2n) is 7.99. The van der Waals surface area contributed by atoms with Crippen LogP contribution in [0.3, 0.4) is 0 Å². The van der Waals surface area contributed by atoms with E-state index >= 15 is 0 Å². The van der Waals surface area contributed by atoms with Gasteiger partial charge in [0, 0.05) is 36.5 Å². The minimum atomic E-state index is -0.137. The van der Waals surface area contributed by atoms with Crippen LogP contribution in [0.4, 0.5) is 11.4 Å². The lowest BCUT2D eigenvalue weighted by Crippen LogP contribution is -2.21. The van der Waals surface area contributed by atoms with Gasteiger partial charge in [-0.2, -0.15) is 0 Å². The molecule has 1 amide bonds. The number of benzene rings is 3. The highest BCUT2D eigenvalue weighted by Gasteiger charge is 2.16. The number of amides is 1. The van der Waals surface area contributed by atoms with E-state index in [4.69, 9.17) is 14.2 Å². The lowest BCUT2D eigenvalue weighted by Gasteiger charge is -2.13. The van der Waals surface area contributed by atoms with E-state index in [1.807, 2.05) is 66.7 Å². The molecular formula is C27H30N2O4. The van der Waals surface area contributed by atoms with Crippen molar-refractivity contribution in [1.29, 1.82) is 0 Å². The molecule has 33 heavy (non-hydrogen) atoms. The van der Waals surface area contributed by atoms with Gasteiger partial charge in [-0.15, -0.1) is 0 Å². The first-order valence-corrected chi connectivity index (χ1v) is 11.4. The molecule has 172 valence electrons. The molecule has 0 saturated carbocycles. The van der Waals surface area contributed by atoms with Crippen LogP contribution >= 0.6 is 0 Å². The number of anilines is 2. The van der Waals surface area contributed by atoms with Crippen LogP contribution < -0.4 is 20.1 Å². The third-order valence-corrected chi connectivity index (χ3v) is 5.37. The van der Waals surface area contributed by atoms with Gasteiger partial charge in [-0.25, -0.2) is 0 Å². The van der Waals surface area contributed by atoms with Gasteiger partial charge in [0.05, 0.1) is 19.3 Å². The summed E-state index contributed by atoms with van der Waals surface area (Å²) in [5.41, 5.74) is 2.77. The van der Waals surface area contributed by atoms with E-state index in [9.17, 15) is 4.79 Å². The topological polar surface area (TPSA) is 68.8 Å². The van der Waals surface area contributed by atoms with Gasteiger partial charge in [0.1, 0.15) is 18.1 Å². The first kappa shape index (κ1) is 22.7. The number of hydrogen-bond donors (Lipinski definition) is 2. The number of carbonyl (C=O) groups is 1. The summed E-state index contributed by atoms with van der Waals surface area (Å²) in [6.45, 7) is 2.08. The van der Waals surface area contributed by atoms with Crippen molar-refractivity contribution in [3.05, 3.63) is 84.4 Å². The fourth-order valence-corrected chi connectivity index (χ4v) is 3.64. The Morgan fingerprint density at radius 3 is 2.45 bits per heavy atom. The van der Waals surface area contributed by atoms with E-state index in [0.717, 1.165) is 43.1 Å². The summed E-state index contributed by atoms with van der Waals surface area (Å²) in [5.74, 6) is 1.35. The second kappa shape index (κ2) is 11.9. The van der Waals surface area contributed by atoms with E-state index in [-0.39, 0.29) is 18.6 Å². The largest absolute Gasteiger partial charge is 0.493 e. The third-order valence-electron chi connectivity index (χ3n) is 5.37. The number of carbonyl (C=O) groups excluding carboxylic acids is 1. The van der Waals surface area contributed by atoms with Gasteiger partial charge in [-0.3, -0.25) is 4.79 Å². The quantitative estimate of drug-likeness (QED) is 0.438. The molecule has 6 nitrogen and oxygen atoms in total. The average molecular weight is 447 g/mol. The Labute approximate surface area is 194 Å². The Balaban J connectivity index is 1.21. The summed E-state index contributed by atoms with van der Waals surface area (Å²) < 4.78 is 17.3. The molecule has 0 spiro atoms. The SMILES string of the molecule is O=C(CNc1cccc(OCCc2ccccc2)c1)Nc1cccc(OCC2CCCO2)c1. The summed E-state index contributed by atoms with van der Waals surface area (Å²) in [6, 6.07) is 25.3. The zero-order valence-corrected chi connectivity index (χ0v) is 18.7. The highest BCUT2D eigenvalue weighted by molar-refractivity contribution is 5.93. The molecule has 1 atom stereocenters. The van der Waals surface area contributed by atoms with Gasteiger partial charge in [0.25, 0.3) is 0 Å². The number of nitrogens with one attached hydrogen (secondary N) is 2. The van der Waals surface area contributed by atoms with Crippen LogP contribution in [0.5, 0.6) is 11.5 Å². The summed E-state index contributed by atoms with van der Waals surface area (Å²) >= 11 is 0. The highest BCUT2D eigenvalue weighted by atomic mass is 16.5. The molecule has 1 aliphatic rings. The second-order valence-corrected chi connectivity index (χ2v) is 7.99. The number of rotatable bonds is 11. The third kappa shape index (κ3) is 7.54. The van der Waals surface area contributed by atoms with Gasteiger partial charge in [-0.1, -0.05) is 42.5 Å². The molecule has 1 saturated heterocycles. The molecule has 0 aromatic heterocycles. The van der Waals surface area contributed by atoms with Crippen LogP contribution in [0.2, 0.25) is 0 Å². The zero-order chi connectivity index (χ0) is 22.7. The Morgan fingerprint density at radius 1 is 0.909 bits per heavy atom. The molecule has 4 rings (SSSR count). The Kier molecular flexibility index (Phi) is 8.19. The normalized spacial score (nSPS) is 15.1. The molecule has 1 aliphatic heterocycles. The summed E-state index contributed by atoms with van der Waals surface area (Å²) in [6.07, 6.45) is 3.11. The molecule has 6 heteroatoms. The molecule has 1 fully saturated rings. The van der Waals surface area contributed by atoms with E-state index in [0.29, 0.717) is 18.9 Å². The molecule has 0 bridgehead atoms. The van der Waals surface area contributed by atoms with Crippen molar-refractivity contribution in [1.82, 2.24) is 0 Å². The van der Waals surface area contributed by atoms with Gasteiger partial charge in [0.15, 0.2) is 0 Å². The maximum atomic E-state index is 12.4. The molecule has 1 heterocycles. The van der Waals surface area contributed by atoms with Crippen LogP contribution in [0.15, 0.2) is 78.9 Å². The molecule has 1 unspecified atom stereocenters. The van der Waals surface area contributed by atoms with Crippen LogP contribution in [0.25, 0.3) is 0 Å². The van der Waals surface area contributed by atoms with Crippen molar-refractivity contribution in [2.75, 3.05) is 37.0 Å². The smallest absolute Gasteiger partial charge is 0.243 e. The molecule has 0 radical (unpaired) electrons. The average Bonchev–Trinajstić information content (AvgIpc) is 3.37. The molecule has 2 N–H and O–H groups in total. The van der Waals surface area contributed by atoms with Crippen LogP contribution in [0, 0.1) is 0 Å². The van der Waals surface area contributed by atoms with Crippen LogP contribution in [-0.2, 0) is 16.0 Å². The molecule has 0 aliphatic carbocycles. The predicted molar refractivity (Wildman–Crippen MR) is 130 cm³/mol. The lowest BCUT2D eigenvalue weighted by atomic mass is 10.2. The van der Waals surface area contributed by atoms with Crippen molar-refractivity contribution in [3.63, 3.8) is 0 Å². The van der Waals surface area contributed by atoms with Crippen molar-refractivity contribution in [3.8, 4) is 11.5 Å². The first-order valence-electron chi connectivity index (χ1n) is 11.4. The van der Waals surface area contributed by atoms with Gasteiger partial charge in [0.2, 0.25) is 5.91 Å².